The first-order valence-electron chi connectivity index (χ1n) is 7.20. The van der Waals surface area contributed by atoms with Gasteiger partial charge in [0.25, 0.3) is 0 Å². The van der Waals surface area contributed by atoms with Crippen molar-refractivity contribution in [3.05, 3.63) is 11.6 Å². The Morgan fingerprint density at radius 3 is 2.59 bits per heavy atom. The Bertz CT molecular complexity index is 350. The van der Waals surface area contributed by atoms with Crippen LogP contribution >= 0.6 is 0 Å². The molecule has 0 N–H and O–H groups in total. The molecule has 3 nitrogen and oxygen atoms in total. The molecular formula is C14H25N3. The van der Waals surface area contributed by atoms with Gasteiger partial charge in [0.15, 0.2) is 5.82 Å². The number of hydrogen-bond acceptors (Lipinski definition) is 2. The predicted molar refractivity (Wildman–Crippen MR) is 70.2 cm³/mol. The normalized spacial score (nSPS) is 19.6. The zero-order valence-corrected chi connectivity index (χ0v) is 11.4. The highest BCUT2D eigenvalue weighted by Crippen LogP contribution is 2.29. The van der Waals surface area contributed by atoms with Crippen molar-refractivity contribution in [1.82, 2.24) is 14.8 Å². The molecule has 0 saturated heterocycles. The molecule has 2 rings (SSSR count). The molecule has 17 heavy (non-hydrogen) atoms. The maximum atomic E-state index is 4.82. The fourth-order valence-corrected chi connectivity index (χ4v) is 2.85. The summed E-state index contributed by atoms with van der Waals surface area (Å²) in [5, 5.41) is 4.74. The molecule has 0 spiro atoms. The van der Waals surface area contributed by atoms with Crippen molar-refractivity contribution in [1.29, 1.82) is 0 Å². The summed E-state index contributed by atoms with van der Waals surface area (Å²) in [6.45, 7) is 7.85. The third-order valence-electron chi connectivity index (χ3n) is 3.80. The maximum absolute atomic E-state index is 4.82. The van der Waals surface area contributed by atoms with Gasteiger partial charge in [0.1, 0.15) is 5.82 Å². The van der Waals surface area contributed by atoms with Crippen molar-refractivity contribution in [3.63, 3.8) is 0 Å². The van der Waals surface area contributed by atoms with Crippen LogP contribution in [0.4, 0.5) is 0 Å². The van der Waals surface area contributed by atoms with Gasteiger partial charge in [-0.1, -0.05) is 33.6 Å². The number of rotatable bonds is 5. The SMILES string of the molecule is CCCC(CCC)c1nc2n(n1)CCCC2C. The summed E-state index contributed by atoms with van der Waals surface area (Å²) in [6, 6.07) is 0. The Kier molecular flexibility index (Phi) is 4.19. The molecule has 0 bridgehead atoms. The lowest BCUT2D eigenvalue weighted by Crippen LogP contribution is -2.14. The van der Waals surface area contributed by atoms with E-state index in [0.717, 1.165) is 12.4 Å². The van der Waals surface area contributed by atoms with Gasteiger partial charge in [-0.05, 0) is 25.7 Å². The smallest absolute Gasteiger partial charge is 0.154 e. The fraction of sp³-hybridized carbons (Fsp3) is 0.857. The average molecular weight is 235 g/mol. The number of fused-ring (bicyclic) bond motifs is 1. The quantitative estimate of drug-likeness (QED) is 0.776. The molecule has 1 aromatic rings. The maximum Gasteiger partial charge on any atom is 0.154 e. The van der Waals surface area contributed by atoms with Crippen LogP contribution in [0.5, 0.6) is 0 Å². The van der Waals surface area contributed by atoms with Crippen molar-refractivity contribution in [2.24, 2.45) is 0 Å². The predicted octanol–water partition coefficient (Wildman–Crippen LogP) is 3.86. The van der Waals surface area contributed by atoms with Crippen LogP contribution in [0.15, 0.2) is 0 Å². The second-order valence-electron chi connectivity index (χ2n) is 5.37. The van der Waals surface area contributed by atoms with Crippen LogP contribution in [-0.4, -0.2) is 14.8 Å². The molecule has 1 aliphatic rings. The summed E-state index contributed by atoms with van der Waals surface area (Å²) in [5.74, 6) is 3.50. The van der Waals surface area contributed by atoms with E-state index in [4.69, 9.17) is 10.1 Å². The lowest BCUT2D eigenvalue weighted by Gasteiger charge is -2.17. The molecular weight excluding hydrogens is 210 g/mol. The Labute approximate surface area is 105 Å². The van der Waals surface area contributed by atoms with Crippen molar-refractivity contribution >= 4 is 0 Å². The zero-order chi connectivity index (χ0) is 12.3. The zero-order valence-electron chi connectivity index (χ0n) is 11.4. The second-order valence-corrected chi connectivity index (χ2v) is 5.37. The topological polar surface area (TPSA) is 30.7 Å². The van der Waals surface area contributed by atoms with E-state index in [1.165, 1.54) is 44.3 Å². The highest BCUT2D eigenvalue weighted by atomic mass is 15.4. The first-order valence-corrected chi connectivity index (χ1v) is 7.20. The number of aromatic nitrogens is 3. The minimum atomic E-state index is 0.579. The van der Waals surface area contributed by atoms with Crippen molar-refractivity contribution in [2.45, 2.75) is 77.7 Å². The molecule has 0 aliphatic carbocycles. The Morgan fingerprint density at radius 1 is 1.29 bits per heavy atom. The van der Waals surface area contributed by atoms with Crippen molar-refractivity contribution < 1.29 is 0 Å². The Hall–Kier alpha value is -0.860. The van der Waals surface area contributed by atoms with E-state index < -0.39 is 0 Å². The van der Waals surface area contributed by atoms with Gasteiger partial charge in [0, 0.05) is 18.4 Å². The highest BCUT2D eigenvalue weighted by Gasteiger charge is 2.23. The lowest BCUT2D eigenvalue weighted by molar-refractivity contribution is 0.429. The molecule has 2 heterocycles. The highest BCUT2D eigenvalue weighted by molar-refractivity contribution is 5.05. The molecule has 1 aliphatic heterocycles. The molecule has 1 unspecified atom stereocenters. The summed E-state index contributed by atoms with van der Waals surface area (Å²) >= 11 is 0. The average Bonchev–Trinajstić information content (AvgIpc) is 2.74. The van der Waals surface area contributed by atoms with E-state index in [2.05, 4.69) is 25.5 Å². The van der Waals surface area contributed by atoms with Gasteiger partial charge in [-0.3, -0.25) is 0 Å². The van der Waals surface area contributed by atoms with Gasteiger partial charge < -0.3 is 0 Å². The van der Waals surface area contributed by atoms with Gasteiger partial charge in [-0.2, -0.15) is 5.10 Å². The minimum absolute atomic E-state index is 0.579. The second kappa shape index (κ2) is 5.65. The van der Waals surface area contributed by atoms with Gasteiger partial charge in [-0.25, -0.2) is 9.67 Å². The van der Waals surface area contributed by atoms with Gasteiger partial charge >= 0.3 is 0 Å². The summed E-state index contributed by atoms with van der Waals surface area (Å²) in [7, 11) is 0. The van der Waals surface area contributed by atoms with Gasteiger partial charge in [0.2, 0.25) is 0 Å². The van der Waals surface area contributed by atoms with E-state index in [9.17, 15) is 0 Å². The molecule has 1 aromatic heterocycles. The summed E-state index contributed by atoms with van der Waals surface area (Å²) in [4.78, 5) is 4.82. The van der Waals surface area contributed by atoms with Crippen LogP contribution in [-0.2, 0) is 6.54 Å². The van der Waals surface area contributed by atoms with E-state index >= 15 is 0 Å². The monoisotopic (exact) mass is 235 g/mol. The molecule has 0 aromatic carbocycles. The van der Waals surface area contributed by atoms with Gasteiger partial charge in [-0.15, -0.1) is 0 Å². The molecule has 0 radical (unpaired) electrons. The van der Waals surface area contributed by atoms with E-state index in [0.29, 0.717) is 11.8 Å². The molecule has 0 saturated carbocycles. The van der Waals surface area contributed by atoms with Crippen LogP contribution in [0.3, 0.4) is 0 Å². The van der Waals surface area contributed by atoms with E-state index in [1.54, 1.807) is 0 Å². The van der Waals surface area contributed by atoms with Crippen LogP contribution in [0.1, 0.15) is 82.8 Å². The van der Waals surface area contributed by atoms with Gasteiger partial charge in [0.05, 0.1) is 0 Å². The molecule has 0 amide bonds. The fourth-order valence-electron chi connectivity index (χ4n) is 2.85. The summed E-state index contributed by atoms with van der Waals surface area (Å²) in [5.41, 5.74) is 0. The lowest BCUT2D eigenvalue weighted by atomic mass is 9.97. The Morgan fingerprint density at radius 2 is 2.00 bits per heavy atom. The molecule has 3 heteroatoms. The van der Waals surface area contributed by atoms with Crippen LogP contribution in [0, 0.1) is 0 Å². The van der Waals surface area contributed by atoms with Crippen LogP contribution in [0.2, 0.25) is 0 Å². The van der Waals surface area contributed by atoms with E-state index in [1.807, 2.05) is 0 Å². The number of aryl methyl sites for hydroxylation is 1. The standard InChI is InChI=1S/C14H25N3/c1-4-7-12(8-5-2)13-15-14-11(3)9-6-10-17(14)16-13/h11-12H,4-10H2,1-3H3. The van der Waals surface area contributed by atoms with Crippen LogP contribution < -0.4 is 0 Å². The van der Waals surface area contributed by atoms with E-state index in [-0.39, 0.29) is 0 Å². The third kappa shape index (κ3) is 2.70. The summed E-state index contributed by atoms with van der Waals surface area (Å²) in [6.07, 6.45) is 7.43. The summed E-state index contributed by atoms with van der Waals surface area (Å²) < 4.78 is 2.15. The number of hydrogen-bond donors (Lipinski definition) is 0. The first-order chi connectivity index (χ1) is 8.26. The minimum Gasteiger partial charge on any atom is -0.250 e. The molecule has 96 valence electrons. The van der Waals surface area contributed by atoms with Crippen LogP contribution in [0.25, 0.3) is 0 Å². The van der Waals surface area contributed by atoms with Crippen molar-refractivity contribution in [2.75, 3.05) is 0 Å². The largest absolute Gasteiger partial charge is 0.250 e. The number of nitrogens with zero attached hydrogens (tertiary/aromatic N) is 3. The third-order valence-corrected chi connectivity index (χ3v) is 3.80. The van der Waals surface area contributed by atoms with Crippen molar-refractivity contribution in [3.8, 4) is 0 Å². The molecule has 1 atom stereocenters. The first kappa shape index (κ1) is 12.6. The molecule has 0 fully saturated rings. The Balaban J connectivity index is 2.19.